The Hall–Kier alpha value is -1.79. The average Bonchev–Trinajstić information content (AvgIpc) is 2.37. The van der Waals surface area contributed by atoms with Crippen LogP contribution in [0, 0.1) is 11.3 Å². The number of rotatable bonds is 2. The molecule has 0 atom stereocenters. The van der Waals surface area contributed by atoms with Gasteiger partial charge in [-0.25, -0.2) is 0 Å². The van der Waals surface area contributed by atoms with Crippen LogP contribution in [-0.2, 0) is 5.41 Å². The van der Waals surface area contributed by atoms with Crippen molar-refractivity contribution in [2.24, 2.45) is 0 Å². The molecule has 0 unspecified atom stereocenters. The van der Waals surface area contributed by atoms with E-state index in [-0.39, 0.29) is 5.41 Å². The molecule has 2 rings (SSSR count). The van der Waals surface area contributed by atoms with E-state index in [2.05, 4.69) is 48.8 Å². The van der Waals surface area contributed by atoms with E-state index < -0.39 is 0 Å². The largest absolute Gasteiger partial charge is 0.457 e. The zero-order valence-electron chi connectivity index (χ0n) is 11.8. The van der Waals surface area contributed by atoms with Gasteiger partial charge in [0.25, 0.3) is 0 Å². The molecule has 0 aliphatic heterocycles. The van der Waals surface area contributed by atoms with Gasteiger partial charge in [0, 0.05) is 4.47 Å². The lowest BCUT2D eigenvalue weighted by Gasteiger charge is -2.19. The van der Waals surface area contributed by atoms with Crippen molar-refractivity contribution in [1.29, 1.82) is 5.26 Å². The fourth-order valence-electron chi connectivity index (χ4n) is 1.85. The van der Waals surface area contributed by atoms with Crippen LogP contribution in [0.1, 0.15) is 31.9 Å². The molecule has 2 aromatic rings. The number of hydrogen-bond acceptors (Lipinski definition) is 2. The summed E-state index contributed by atoms with van der Waals surface area (Å²) in [5, 5.41) is 8.98. The van der Waals surface area contributed by atoms with Crippen molar-refractivity contribution in [3.63, 3.8) is 0 Å². The first-order chi connectivity index (χ1) is 9.38. The minimum Gasteiger partial charge on any atom is -0.457 e. The fraction of sp³-hybridized carbons (Fsp3) is 0.235. The van der Waals surface area contributed by atoms with E-state index in [1.54, 1.807) is 12.1 Å². The molecule has 0 spiro atoms. The third-order valence-electron chi connectivity index (χ3n) is 2.94. The van der Waals surface area contributed by atoms with Crippen LogP contribution in [0.5, 0.6) is 11.5 Å². The minimum atomic E-state index is 0.0778. The van der Waals surface area contributed by atoms with Crippen LogP contribution in [0.3, 0.4) is 0 Å². The second-order valence-electron chi connectivity index (χ2n) is 5.67. The summed E-state index contributed by atoms with van der Waals surface area (Å²) in [6.45, 7) is 6.50. The third-order valence-corrected chi connectivity index (χ3v) is 3.39. The quantitative estimate of drug-likeness (QED) is 0.737. The summed E-state index contributed by atoms with van der Waals surface area (Å²) in [5.41, 5.74) is 1.86. The lowest BCUT2D eigenvalue weighted by atomic mass is 9.87. The number of hydrogen-bond donors (Lipinski definition) is 0. The van der Waals surface area contributed by atoms with Gasteiger partial charge in [0.2, 0.25) is 0 Å². The maximum absolute atomic E-state index is 8.98. The molecule has 0 aromatic heterocycles. The molecule has 0 saturated carbocycles. The van der Waals surface area contributed by atoms with Crippen LogP contribution in [0.2, 0.25) is 0 Å². The summed E-state index contributed by atoms with van der Waals surface area (Å²) in [6, 6.07) is 15.5. The van der Waals surface area contributed by atoms with E-state index >= 15 is 0 Å². The van der Waals surface area contributed by atoms with E-state index in [0.29, 0.717) is 11.3 Å². The van der Waals surface area contributed by atoms with Crippen molar-refractivity contribution in [2.45, 2.75) is 26.2 Å². The van der Waals surface area contributed by atoms with Crippen LogP contribution in [0.25, 0.3) is 0 Å². The molecular weight excluding hydrogens is 314 g/mol. The first kappa shape index (κ1) is 14.6. The number of benzene rings is 2. The molecule has 3 heteroatoms. The second kappa shape index (κ2) is 5.68. The predicted molar refractivity (Wildman–Crippen MR) is 84.1 cm³/mol. The summed E-state index contributed by atoms with van der Waals surface area (Å²) >= 11 is 3.38. The van der Waals surface area contributed by atoms with Crippen molar-refractivity contribution in [2.75, 3.05) is 0 Å². The van der Waals surface area contributed by atoms with E-state index in [0.717, 1.165) is 10.2 Å². The topological polar surface area (TPSA) is 33.0 Å². The highest BCUT2D eigenvalue weighted by Crippen LogP contribution is 2.30. The Bertz CT molecular complexity index is 665. The van der Waals surface area contributed by atoms with Crippen molar-refractivity contribution >= 4 is 15.9 Å². The van der Waals surface area contributed by atoms with Gasteiger partial charge < -0.3 is 4.74 Å². The summed E-state index contributed by atoms with van der Waals surface area (Å²) in [4.78, 5) is 0. The molecule has 0 bridgehead atoms. The van der Waals surface area contributed by atoms with Gasteiger partial charge in [-0.2, -0.15) is 5.26 Å². The first-order valence-electron chi connectivity index (χ1n) is 6.37. The number of nitriles is 1. The SMILES string of the molecule is CC(C)(C)c1cccc(Oc2cc(Br)cc(C#N)c2)c1. The molecular formula is C17H16BrNO. The van der Waals surface area contributed by atoms with Crippen LogP contribution >= 0.6 is 15.9 Å². The van der Waals surface area contributed by atoms with Gasteiger partial charge in [-0.05, 0) is 41.3 Å². The summed E-state index contributed by atoms with van der Waals surface area (Å²) in [5.74, 6) is 1.43. The average molecular weight is 330 g/mol. The molecule has 0 heterocycles. The molecule has 2 aromatic carbocycles. The summed E-state index contributed by atoms with van der Waals surface area (Å²) in [7, 11) is 0. The molecule has 102 valence electrons. The number of nitrogens with zero attached hydrogens (tertiary/aromatic N) is 1. The molecule has 0 aliphatic carbocycles. The van der Waals surface area contributed by atoms with Crippen LogP contribution < -0.4 is 4.74 Å². The Morgan fingerprint density at radius 3 is 2.45 bits per heavy atom. The second-order valence-corrected chi connectivity index (χ2v) is 6.58. The highest BCUT2D eigenvalue weighted by atomic mass is 79.9. The Kier molecular flexibility index (Phi) is 4.15. The van der Waals surface area contributed by atoms with E-state index in [4.69, 9.17) is 10.00 Å². The number of ether oxygens (including phenoxy) is 1. The van der Waals surface area contributed by atoms with E-state index in [9.17, 15) is 0 Å². The Morgan fingerprint density at radius 1 is 1.05 bits per heavy atom. The molecule has 0 amide bonds. The normalized spacial score (nSPS) is 10.9. The lowest BCUT2D eigenvalue weighted by molar-refractivity contribution is 0.478. The zero-order chi connectivity index (χ0) is 14.8. The minimum absolute atomic E-state index is 0.0778. The smallest absolute Gasteiger partial charge is 0.129 e. The van der Waals surface area contributed by atoms with Gasteiger partial charge in [-0.3, -0.25) is 0 Å². The maximum atomic E-state index is 8.98. The van der Waals surface area contributed by atoms with Crippen LogP contribution in [0.4, 0.5) is 0 Å². The molecule has 0 N–H and O–H groups in total. The van der Waals surface area contributed by atoms with Gasteiger partial charge >= 0.3 is 0 Å². The van der Waals surface area contributed by atoms with Gasteiger partial charge in [-0.1, -0.05) is 48.8 Å². The van der Waals surface area contributed by atoms with Crippen LogP contribution in [-0.4, -0.2) is 0 Å². The standard InChI is InChI=1S/C17H16BrNO/c1-17(2,3)13-5-4-6-15(9-13)20-16-8-12(11-19)7-14(18)10-16/h4-10H,1-3H3. The monoisotopic (exact) mass is 329 g/mol. The predicted octanol–water partition coefficient (Wildman–Crippen LogP) is 5.41. The lowest BCUT2D eigenvalue weighted by Crippen LogP contribution is -2.10. The molecule has 0 aliphatic rings. The van der Waals surface area contributed by atoms with Gasteiger partial charge in [0.05, 0.1) is 11.6 Å². The molecule has 0 fully saturated rings. The molecule has 20 heavy (non-hydrogen) atoms. The van der Waals surface area contributed by atoms with Crippen molar-refractivity contribution in [3.05, 3.63) is 58.1 Å². The Labute approximate surface area is 128 Å². The maximum Gasteiger partial charge on any atom is 0.129 e. The zero-order valence-corrected chi connectivity index (χ0v) is 13.4. The van der Waals surface area contributed by atoms with Crippen LogP contribution in [0.15, 0.2) is 46.9 Å². The fourth-order valence-corrected chi connectivity index (χ4v) is 2.32. The third kappa shape index (κ3) is 3.61. The van der Waals surface area contributed by atoms with Crippen molar-refractivity contribution in [1.82, 2.24) is 0 Å². The van der Waals surface area contributed by atoms with Crippen molar-refractivity contribution in [3.8, 4) is 17.6 Å². The molecule has 2 nitrogen and oxygen atoms in total. The Morgan fingerprint density at radius 2 is 1.80 bits per heavy atom. The summed E-state index contributed by atoms with van der Waals surface area (Å²) < 4.78 is 6.69. The summed E-state index contributed by atoms with van der Waals surface area (Å²) in [6.07, 6.45) is 0. The molecule has 0 saturated heterocycles. The highest BCUT2D eigenvalue weighted by Gasteiger charge is 2.14. The van der Waals surface area contributed by atoms with Crippen molar-refractivity contribution < 1.29 is 4.74 Å². The van der Waals surface area contributed by atoms with E-state index in [1.165, 1.54) is 5.56 Å². The van der Waals surface area contributed by atoms with Gasteiger partial charge in [0.1, 0.15) is 11.5 Å². The van der Waals surface area contributed by atoms with Gasteiger partial charge in [-0.15, -0.1) is 0 Å². The first-order valence-corrected chi connectivity index (χ1v) is 7.17. The highest BCUT2D eigenvalue weighted by molar-refractivity contribution is 9.10. The van der Waals surface area contributed by atoms with Gasteiger partial charge in [0.15, 0.2) is 0 Å². The molecule has 0 radical (unpaired) electrons. The number of halogens is 1. The Balaban J connectivity index is 2.31. The van der Waals surface area contributed by atoms with E-state index in [1.807, 2.05) is 24.3 Å².